The second-order valence-electron chi connectivity index (χ2n) is 8.17. The molecule has 2 aliphatic heterocycles. The van der Waals surface area contributed by atoms with E-state index in [2.05, 4.69) is 42.7 Å². The fourth-order valence-electron chi connectivity index (χ4n) is 4.30. The average molecular weight is 366 g/mol. The van der Waals surface area contributed by atoms with Gasteiger partial charge in [-0.2, -0.15) is 0 Å². The third kappa shape index (κ3) is 3.79. The van der Waals surface area contributed by atoms with Gasteiger partial charge in [0.15, 0.2) is 0 Å². The van der Waals surface area contributed by atoms with Crippen LogP contribution in [0.25, 0.3) is 0 Å². The molecule has 5 heteroatoms. The topological polar surface area (TPSA) is 74.8 Å². The van der Waals surface area contributed by atoms with Crippen LogP contribution < -0.4 is 16.4 Å². The van der Waals surface area contributed by atoms with Gasteiger partial charge in [0.05, 0.1) is 29.7 Å². The van der Waals surface area contributed by atoms with Crippen LogP contribution in [0, 0.1) is 5.92 Å². The number of nitrogens with two attached hydrogens (primary N) is 1. The first-order valence-corrected chi connectivity index (χ1v) is 10.3. The van der Waals surface area contributed by atoms with Crippen molar-refractivity contribution < 1.29 is 0 Å². The smallest absolute Gasteiger partial charge is 0.0868 e. The van der Waals surface area contributed by atoms with Gasteiger partial charge < -0.3 is 16.4 Å². The van der Waals surface area contributed by atoms with Gasteiger partial charge in [-0.15, -0.1) is 0 Å². The summed E-state index contributed by atoms with van der Waals surface area (Å²) in [5.74, 6) is 1.45. The lowest BCUT2D eigenvalue weighted by Gasteiger charge is -2.36. The maximum atomic E-state index is 5.90. The summed E-state index contributed by atoms with van der Waals surface area (Å²) in [6, 6.07) is 7.58. The number of aliphatic imine (C=N–C) groups is 2. The SMILES string of the molecule is CCCC1CC(N=CC(=CN)C2=Nc3cc(C4CN[C@@H]4C)ccc3NC2)C1. The fourth-order valence-corrected chi connectivity index (χ4v) is 4.30. The van der Waals surface area contributed by atoms with Crippen LogP contribution in [0.15, 0.2) is 40.0 Å². The molecule has 1 aromatic rings. The molecule has 0 bridgehead atoms. The van der Waals surface area contributed by atoms with Crippen molar-refractivity contribution in [2.24, 2.45) is 21.6 Å². The Bertz CT molecular complexity index is 773. The molecule has 0 radical (unpaired) electrons. The number of nitrogens with zero attached hydrogens (tertiary/aromatic N) is 2. The minimum Gasteiger partial charge on any atom is -0.404 e. The monoisotopic (exact) mass is 365 g/mol. The van der Waals surface area contributed by atoms with E-state index in [0.717, 1.165) is 35.1 Å². The van der Waals surface area contributed by atoms with E-state index in [9.17, 15) is 0 Å². The van der Waals surface area contributed by atoms with Crippen molar-refractivity contribution in [2.45, 2.75) is 57.5 Å². The van der Waals surface area contributed by atoms with Crippen LogP contribution in [0.1, 0.15) is 51.0 Å². The second kappa shape index (κ2) is 7.85. The van der Waals surface area contributed by atoms with E-state index in [1.54, 1.807) is 6.20 Å². The molecule has 3 aliphatic rings. The van der Waals surface area contributed by atoms with Crippen molar-refractivity contribution in [3.63, 3.8) is 0 Å². The summed E-state index contributed by atoms with van der Waals surface area (Å²) in [7, 11) is 0. The Labute approximate surface area is 162 Å². The minimum absolute atomic E-state index is 0.458. The first-order valence-electron chi connectivity index (χ1n) is 10.3. The van der Waals surface area contributed by atoms with Gasteiger partial charge >= 0.3 is 0 Å². The summed E-state index contributed by atoms with van der Waals surface area (Å²) in [6.07, 6.45) is 8.60. The Morgan fingerprint density at radius 1 is 1.37 bits per heavy atom. The molecule has 27 heavy (non-hydrogen) atoms. The van der Waals surface area contributed by atoms with Crippen LogP contribution >= 0.6 is 0 Å². The molecule has 2 heterocycles. The highest BCUT2D eigenvalue weighted by Crippen LogP contribution is 2.36. The molecule has 1 aromatic carbocycles. The Morgan fingerprint density at radius 3 is 2.89 bits per heavy atom. The number of anilines is 1. The van der Waals surface area contributed by atoms with Gasteiger partial charge in [0, 0.05) is 36.5 Å². The zero-order chi connectivity index (χ0) is 18.8. The van der Waals surface area contributed by atoms with Crippen LogP contribution in [0.4, 0.5) is 11.4 Å². The number of benzene rings is 1. The molecule has 0 amide bonds. The molecule has 2 atom stereocenters. The van der Waals surface area contributed by atoms with E-state index in [4.69, 9.17) is 15.7 Å². The van der Waals surface area contributed by atoms with Gasteiger partial charge in [0.1, 0.15) is 0 Å². The molecule has 0 spiro atoms. The van der Waals surface area contributed by atoms with Crippen LogP contribution in [-0.4, -0.2) is 37.1 Å². The van der Waals surface area contributed by atoms with Crippen molar-refractivity contribution in [2.75, 3.05) is 18.4 Å². The van der Waals surface area contributed by atoms with Gasteiger partial charge in [-0.25, -0.2) is 4.99 Å². The predicted molar refractivity (Wildman–Crippen MR) is 114 cm³/mol. The normalized spacial score (nSPS) is 30.1. The van der Waals surface area contributed by atoms with E-state index < -0.39 is 0 Å². The highest BCUT2D eigenvalue weighted by molar-refractivity contribution is 6.19. The summed E-state index contributed by atoms with van der Waals surface area (Å²) < 4.78 is 0. The van der Waals surface area contributed by atoms with Crippen LogP contribution in [-0.2, 0) is 0 Å². The molecular weight excluding hydrogens is 334 g/mol. The summed E-state index contributed by atoms with van der Waals surface area (Å²) >= 11 is 0. The van der Waals surface area contributed by atoms with Crippen LogP contribution in [0.2, 0.25) is 0 Å². The summed E-state index contributed by atoms with van der Waals surface area (Å²) in [5.41, 5.74) is 11.3. The zero-order valence-corrected chi connectivity index (χ0v) is 16.4. The van der Waals surface area contributed by atoms with Gasteiger partial charge in [-0.3, -0.25) is 4.99 Å². The molecule has 0 aromatic heterocycles. The first-order chi connectivity index (χ1) is 13.2. The first kappa shape index (κ1) is 18.2. The van der Waals surface area contributed by atoms with Crippen molar-refractivity contribution in [3.8, 4) is 0 Å². The van der Waals surface area contributed by atoms with Crippen LogP contribution in [0.5, 0.6) is 0 Å². The van der Waals surface area contributed by atoms with E-state index >= 15 is 0 Å². The molecule has 2 fully saturated rings. The number of hydrogen-bond donors (Lipinski definition) is 3. The Kier molecular flexibility index (Phi) is 5.30. The molecule has 1 aliphatic carbocycles. The highest BCUT2D eigenvalue weighted by Gasteiger charge is 2.29. The van der Waals surface area contributed by atoms with Gasteiger partial charge in [0.2, 0.25) is 0 Å². The van der Waals surface area contributed by atoms with Crippen molar-refractivity contribution >= 4 is 23.3 Å². The van der Waals surface area contributed by atoms with Crippen LogP contribution in [0.3, 0.4) is 0 Å². The number of nitrogens with one attached hydrogen (secondary N) is 2. The van der Waals surface area contributed by atoms with Crippen molar-refractivity contribution in [3.05, 3.63) is 35.5 Å². The maximum Gasteiger partial charge on any atom is 0.0868 e. The molecule has 4 rings (SSSR count). The summed E-state index contributed by atoms with van der Waals surface area (Å²) in [6.45, 7) is 6.22. The third-order valence-corrected chi connectivity index (χ3v) is 6.26. The molecule has 4 N–H and O–H groups in total. The minimum atomic E-state index is 0.458. The largest absolute Gasteiger partial charge is 0.404 e. The Morgan fingerprint density at radius 2 is 2.22 bits per heavy atom. The maximum absolute atomic E-state index is 5.90. The van der Waals surface area contributed by atoms with Gasteiger partial charge in [-0.1, -0.05) is 25.8 Å². The van der Waals surface area contributed by atoms with E-state index in [1.807, 2.05) is 6.21 Å². The molecule has 1 saturated carbocycles. The summed E-state index contributed by atoms with van der Waals surface area (Å²) in [4.78, 5) is 9.66. The number of hydrogen-bond acceptors (Lipinski definition) is 5. The molecular formula is C22H31N5. The lowest BCUT2D eigenvalue weighted by molar-refractivity contribution is 0.250. The molecule has 1 unspecified atom stereocenters. The highest BCUT2D eigenvalue weighted by atomic mass is 15.0. The lowest BCUT2D eigenvalue weighted by atomic mass is 9.78. The zero-order valence-electron chi connectivity index (χ0n) is 16.4. The number of rotatable bonds is 6. The Hall–Kier alpha value is -2.14. The standard InChI is InChI=1S/C22H31N5/c1-3-4-15-7-18(8-15)25-11-17(10-23)22-13-26-20-6-5-16(9-21(20)27-22)19-12-24-14(19)2/h5-6,9-11,14-15,18-19,24,26H,3-4,7-8,12-13,23H2,1-2H3/t14-,15?,18?,19?/m1/s1. The van der Waals surface area contributed by atoms with Gasteiger partial charge in [0.25, 0.3) is 0 Å². The van der Waals surface area contributed by atoms with E-state index in [0.29, 0.717) is 24.5 Å². The van der Waals surface area contributed by atoms with Crippen molar-refractivity contribution in [1.29, 1.82) is 0 Å². The Balaban J connectivity index is 1.46. The fraction of sp³-hybridized carbons (Fsp3) is 0.545. The molecule has 144 valence electrons. The van der Waals surface area contributed by atoms with Gasteiger partial charge in [-0.05, 0) is 43.4 Å². The second-order valence-corrected chi connectivity index (χ2v) is 8.17. The third-order valence-electron chi connectivity index (χ3n) is 6.26. The number of fused-ring (bicyclic) bond motifs is 1. The quantitative estimate of drug-likeness (QED) is 0.672. The molecule has 1 saturated heterocycles. The van der Waals surface area contributed by atoms with E-state index in [-0.39, 0.29) is 0 Å². The van der Waals surface area contributed by atoms with E-state index in [1.165, 1.54) is 31.2 Å². The average Bonchev–Trinajstić information content (AvgIpc) is 2.64. The lowest BCUT2D eigenvalue weighted by Crippen LogP contribution is -2.48. The summed E-state index contributed by atoms with van der Waals surface area (Å²) in [5, 5.41) is 6.90. The molecule has 5 nitrogen and oxygen atoms in total. The van der Waals surface area contributed by atoms with Crippen molar-refractivity contribution in [1.82, 2.24) is 5.32 Å². The predicted octanol–water partition coefficient (Wildman–Crippen LogP) is 3.75.